The Bertz CT molecular complexity index is 419. The quantitative estimate of drug-likeness (QED) is 0.766. The van der Waals surface area contributed by atoms with Crippen molar-refractivity contribution in [1.82, 2.24) is 0 Å². The highest BCUT2D eigenvalue weighted by Gasteiger charge is 2.30. The van der Waals surface area contributed by atoms with E-state index in [9.17, 15) is 9.90 Å². The van der Waals surface area contributed by atoms with Crippen LogP contribution in [0.15, 0.2) is 18.2 Å². The maximum Gasteiger partial charge on any atom is 0.228 e. The number of hydrogen-bond donors (Lipinski definition) is 2. The fourth-order valence-electron chi connectivity index (χ4n) is 2.14. The number of thiol groups is 1. The summed E-state index contributed by atoms with van der Waals surface area (Å²) in [5.74, 6) is 0.0870. The van der Waals surface area contributed by atoms with E-state index in [0.717, 1.165) is 16.8 Å². The summed E-state index contributed by atoms with van der Waals surface area (Å²) in [6.07, 6.45) is 0.475. The van der Waals surface area contributed by atoms with Gasteiger partial charge in [0.25, 0.3) is 0 Å². The first-order valence-corrected chi connectivity index (χ1v) is 5.83. The summed E-state index contributed by atoms with van der Waals surface area (Å²) in [7, 11) is 0. The smallest absolute Gasteiger partial charge is 0.228 e. The zero-order chi connectivity index (χ0) is 11.7. The van der Waals surface area contributed by atoms with Crippen molar-refractivity contribution in [2.75, 3.05) is 11.4 Å². The highest BCUT2D eigenvalue weighted by atomic mass is 32.1. The molecule has 1 aliphatic heterocycles. The van der Waals surface area contributed by atoms with Crippen LogP contribution in [0.1, 0.15) is 17.5 Å². The molecule has 1 aromatic rings. The average Bonchev–Trinajstić information content (AvgIpc) is 2.57. The number of carbonyl (C=O) groups excluding carboxylic acids is 1. The van der Waals surface area contributed by atoms with Gasteiger partial charge in [-0.2, -0.15) is 12.6 Å². The van der Waals surface area contributed by atoms with Crippen LogP contribution in [0.4, 0.5) is 5.69 Å². The standard InChI is InChI=1S/C12H15NO2S/c1-8-3-2-4-9(7-14)12(8)13-6-10(16)5-11(13)15/h2-4,10,14,16H,5-7H2,1H3. The van der Waals surface area contributed by atoms with Crippen molar-refractivity contribution in [2.24, 2.45) is 0 Å². The lowest BCUT2D eigenvalue weighted by Crippen LogP contribution is -2.26. The van der Waals surface area contributed by atoms with E-state index in [4.69, 9.17) is 0 Å². The van der Waals surface area contributed by atoms with Gasteiger partial charge in [0.05, 0.1) is 12.3 Å². The minimum Gasteiger partial charge on any atom is -0.392 e. The monoisotopic (exact) mass is 237 g/mol. The minimum absolute atomic E-state index is 0.0436. The lowest BCUT2D eigenvalue weighted by atomic mass is 10.1. The molecule has 0 radical (unpaired) electrons. The van der Waals surface area contributed by atoms with E-state index in [1.165, 1.54) is 0 Å². The molecular formula is C12H15NO2S. The number of aliphatic hydroxyl groups is 1. The highest BCUT2D eigenvalue weighted by Crippen LogP contribution is 2.30. The Kier molecular flexibility index (Phi) is 3.21. The fourth-order valence-corrected chi connectivity index (χ4v) is 2.46. The van der Waals surface area contributed by atoms with Crippen molar-refractivity contribution in [2.45, 2.75) is 25.2 Å². The third-order valence-electron chi connectivity index (χ3n) is 2.87. The van der Waals surface area contributed by atoms with Crippen molar-refractivity contribution in [3.8, 4) is 0 Å². The Balaban J connectivity index is 2.43. The molecule has 1 heterocycles. The normalized spacial score (nSPS) is 20.6. The number of hydrogen-bond acceptors (Lipinski definition) is 3. The van der Waals surface area contributed by atoms with Crippen LogP contribution < -0.4 is 4.90 Å². The second-order valence-electron chi connectivity index (χ2n) is 4.10. The van der Waals surface area contributed by atoms with Crippen LogP contribution >= 0.6 is 12.6 Å². The van der Waals surface area contributed by atoms with E-state index in [-0.39, 0.29) is 17.8 Å². The fraction of sp³-hybridized carbons (Fsp3) is 0.417. The summed E-state index contributed by atoms with van der Waals surface area (Å²) in [4.78, 5) is 13.5. The minimum atomic E-state index is -0.0436. The van der Waals surface area contributed by atoms with Gasteiger partial charge in [0, 0.05) is 23.8 Å². The maximum atomic E-state index is 11.8. The predicted molar refractivity (Wildman–Crippen MR) is 66.8 cm³/mol. The van der Waals surface area contributed by atoms with Gasteiger partial charge in [-0.15, -0.1) is 0 Å². The van der Waals surface area contributed by atoms with Crippen molar-refractivity contribution in [3.63, 3.8) is 0 Å². The molecule has 0 aromatic heterocycles. The van der Waals surface area contributed by atoms with E-state index in [1.807, 2.05) is 25.1 Å². The van der Waals surface area contributed by atoms with Crippen LogP contribution in [0.25, 0.3) is 0 Å². The number of aryl methyl sites for hydroxylation is 1. The molecule has 16 heavy (non-hydrogen) atoms. The molecule has 1 atom stereocenters. The number of para-hydroxylation sites is 1. The second-order valence-corrected chi connectivity index (χ2v) is 4.83. The molecule has 1 fully saturated rings. The first-order chi connectivity index (χ1) is 7.63. The van der Waals surface area contributed by atoms with Gasteiger partial charge in [-0.3, -0.25) is 4.79 Å². The lowest BCUT2D eigenvalue weighted by molar-refractivity contribution is -0.117. The van der Waals surface area contributed by atoms with Gasteiger partial charge >= 0.3 is 0 Å². The summed E-state index contributed by atoms with van der Waals surface area (Å²) in [5, 5.41) is 9.39. The third kappa shape index (κ3) is 1.95. The van der Waals surface area contributed by atoms with E-state index in [0.29, 0.717) is 13.0 Å². The number of nitrogens with zero attached hydrogens (tertiary/aromatic N) is 1. The summed E-state index contributed by atoms with van der Waals surface area (Å²) in [5.41, 5.74) is 2.67. The number of carbonyl (C=O) groups is 1. The highest BCUT2D eigenvalue weighted by molar-refractivity contribution is 7.81. The molecule has 1 unspecified atom stereocenters. The van der Waals surface area contributed by atoms with Crippen molar-refractivity contribution < 1.29 is 9.90 Å². The molecule has 0 saturated carbocycles. The van der Waals surface area contributed by atoms with Crippen LogP contribution in [0.3, 0.4) is 0 Å². The third-order valence-corrected chi connectivity index (χ3v) is 3.21. The van der Waals surface area contributed by atoms with E-state index in [1.54, 1.807) is 4.90 Å². The summed E-state index contributed by atoms with van der Waals surface area (Å²) in [6, 6.07) is 5.69. The molecule has 0 aliphatic carbocycles. The first kappa shape index (κ1) is 11.5. The summed E-state index contributed by atoms with van der Waals surface area (Å²) in [6.45, 7) is 2.53. The van der Waals surface area contributed by atoms with E-state index < -0.39 is 0 Å². The average molecular weight is 237 g/mol. The Morgan fingerprint density at radius 1 is 1.56 bits per heavy atom. The SMILES string of the molecule is Cc1cccc(CO)c1N1CC(S)CC1=O. The Morgan fingerprint density at radius 2 is 2.31 bits per heavy atom. The second kappa shape index (κ2) is 4.47. The van der Waals surface area contributed by atoms with Gasteiger partial charge in [0.15, 0.2) is 0 Å². The van der Waals surface area contributed by atoms with Gasteiger partial charge in [-0.25, -0.2) is 0 Å². The first-order valence-electron chi connectivity index (χ1n) is 5.31. The number of aliphatic hydroxyl groups excluding tert-OH is 1. The van der Waals surface area contributed by atoms with Gasteiger partial charge in [0.2, 0.25) is 5.91 Å². The molecule has 0 spiro atoms. The molecule has 2 rings (SSSR count). The predicted octanol–water partition coefficient (Wildman–Crippen LogP) is 1.52. The molecule has 0 bridgehead atoms. The van der Waals surface area contributed by atoms with Crippen LogP contribution in [-0.4, -0.2) is 22.8 Å². The van der Waals surface area contributed by atoms with Crippen molar-refractivity contribution in [1.29, 1.82) is 0 Å². The van der Waals surface area contributed by atoms with Crippen LogP contribution in [0, 0.1) is 6.92 Å². The van der Waals surface area contributed by atoms with Gasteiger partial charge in [0.1, 0.15) is 0 Å². The Labute approximate surface area is 100 Å². The lowest BCUT2D eigenvalue weighted by Gasteiger charge is -2.21. The number of benzene rings is 1. The Hall–Kier alpha value is -1.00. The molecule has 1 amide bonds. The molecule has 4 heteroatoms. The zero-order valence-corrected chi connectivity index (χ0v) is 10.1. The maximum absolute atomic E-state index is 11.8. The number of anilines is 1. The number of rotatable bonds is 2. The Morgan fingerprint density at radius 3 is 2.88 bits per heavy atom. The number of amides is 1. The molecule has 1 aromatic carbocycles. The summed E-state index contributed by atoms with van der Waals surface area (Å²) >= 11 is 4.33. The van der Waals surface area contributed by atoms with E-state index in [2.05, 4.69) is 12.6 Å². The molecule has 3 nitrogen and oxygen atoms in total. The van der Waals surface area contributed by atoms with Crippen LogP contribution in [0.5, 0.6) is 0 Å². The molecule has 1 aliphatic rings. The summed E-state index contributed by atoms with van der Waals surface area (Å²) < 4.78 is 0. The topological polar surface area (TPSA) is 40.5 Å². The van der Waals surface area contributed by atoms with Gasteiger partial charge in [-0.05, 0) is 12.5 Å². The van der Waals surface area contributed by atoms with E-state index >= 15 is 0 Å². The van der Waals surface area contributed by atoms with Crippen molar-refractivity contribution >= 4 is 24.2 Å². The zero-order valence-electron chi connectivity index (χ0n) is 9.18. The molecule has 1 saturated heterocycles. The molecular weight excluding hydrogens is 222 g/mol. The van der Waals surface area contributed by atoms with Crippen LogP contribution in [0.2, 0.25) is 0 Å². The van der Waals surface area contributed by atoms with Crippen molar-refractivity contribution in [3.05, 3.63) is 29.3 Å². The van der Waals surface area contributed by atoms with Gasteiger partial charge < -0.3 is 10.0 Å². The molecule has 86 valence electrons. The molecule has 1 N–H and O–H groups in total. The largest absolute Gasteiger partial charge is 0.392 e. The van der Waals surface area contributed by atoms with Gasteiger partial charge in [-0.1, -0.05) is 18.2 Å². The van der Waals surface area contributed by atoms with Crippen LogP contribution in [-0.2, 0) is 11.4 Å².